The van der Waals surface area contributed by atoms with E-state index in [1.807, 2.05) is 0 Å². The minimum absolute atomic E-state index is 0.00319. The molecule has 1 heterocycles. The molecule has 1 aliphatic carbocycles. The van der Waals surface area contributed by atoms with Crippen molar-refractivity contribution in [3.05, 3.63) is 0 Å². The number of ether oxygens (including phenoxy) is 1. The van der Waals surface area contributed by atoms with Gasteiger partial charge in [0.05, 0.1) is 18.1 Å². The molecule has 3 unspecified atom stereocenters. The molecule has 1 saturated heterocycles. The molecule has 1 N–H and O–H groups in total. The Bertz CT molecular complexity index is 246. The fourth-order valence-electron chi connectivity index (χ4n) is 3.26. The van der Waals surface area contributed by atoms with E-state index in [2.05, 4.69) is 6.92 Å². The van der Waals surface area contributed by atoms with Gasteiger partial charge in [0.15, 0.2) is 0 Å². The molecule has 1 saturated carbocycles. The van der Waals surface area contributed by atoms with Crippen molar-refractivity contribution in [2.24, 2.45) is 11.8 Å². The molecule has 0 bridgehead atoms. The van der Waals surface area contributed by atoms with Gasteiger partial charge in [-0.3, -0.25) is 4.79 Å². The first-order valence-corrected chi connectivity index (χ1v) is 6.60. The summed E-state index contributed by atoms with van der Waals surface area (Å²) in [6.07, 6.45) is 7.81. The fourth-order valence-corrected chi connectivity index (χ4v) is 3.26. The van der Waals surface area contributed by atoms with E-state index in [-0.39, 0.29) is 18.1 Å². The zero-order chi connectivity index (χ0) is 11.5. The van der Waals surface area contributed by atoms with E-state index in [0.717, 1.165) is 32.1 Å². The molecule has 0 aromatic heterocycles. The molecular formula is C13H22O3. The first kappa shape index (κ1) is 11.9. The minimum Gasteiger partial charge on any atom is -0.481 e. The van der Waals surface area contributed by atoms with Crippen LogP contribution in [-0.2, 0) is 9.53 Å². The number of carbonyl (C=O) groups is 1. The highest BCUT2D eigenvalue weighted by molar-refractivity contribution is 5.71. The second-order valence-electron chi connectivity index (χ2n) is 5.24. The first-order chi connectivity index (χ1) is 7.72. The van der Waals surface area contributed by atoms with Crippen molar-refractivity contribution >= 4 is 5.97 Å². The summed E-state index contributed by atoms with van der Waals surface area (Å²) < 4.78 is 5.98. The molecule has 1 aliphatic heterocycles. The first-order valence-electron chi connectivity index (χ1n) is 6.60. The van der Waals surface area contributed by atoms with E-state index in [4.69, 9.17) is 4.74 Å². The molecule has 0 radical (unpaired) electrons. The predicted molar refractivity (Wildman–Crippen MR) is 61.3 cm³/mol. The minimum atomic E-state index is -0.657. The summed E-state index contributed by atoms with van der Waals surface area (Å²) in [6, 6.07) is 0. The van der Waals surface area contributed by atoms with Crippen LogP contribution < -0.4 is 0 Å². The number of carboxylic acids is 1. The molecule has 2 aliphatic rings. The normalized spacial score (nSPS) is 35.7. The van der Waals surface area contributed by atoms with Crippen molar-refractivity contribution in [1.82, 2.24) is 0 Å². The van der Waals surface area contributed by atoms with E-state index in [0.29, 0.717) is 5.92 Å². The smallest absolute Gasteiger partial charge is 0.309 e. The van der Waals surface area contributed by atoms with Crippen LogP contribution in [0.15, 0.2) is 0 Å². The summed E-state index contributed by atoms with van der Waals surface area (Å²) in [6.45, 7) is 2.13. The van der Waals surface area contributed by atoms with Crippen LogP contribution in [0, 0.1) is 11.8 Å². The number of aliphatic carboxylic acids is 1. The molecule has 3 heteroatoms. The van der Waals surface area contributed by atoms with Crippen LogP contribution in [0.5, 0.6) is 0 Å². The predicted octanol–water partition coefficient (Wildman–Crippen LogP) is 2.84. The molecule has 3 atom stereocenters. The Morgan fingerprint density at radius 2 is 2.06 bits per heavy atom. The molecule has 3 nitrogen and oxygen atoms in total. The van der Waals surface area contributed by atoms with Gasteiger partial charge in [-0.05, 0) is 31.6 Å². The van der Waals surface area contributed by atoms with Crippen molar-refractivity contribution in [2.75, 3.05) is 0 Å². The van der Waals surface area contributed by atoms with Crippen molar-refractivity contribution in [3.8, 4) is 0 Å². The average Bonchev–Trinajstić information content (AvgIpc) is 2.83. The lowest BCUT2D eigenvalue weighted by Crippen LogP contribution is -2.30. The molecule has 0 aromatic rings. The number of hydrogen-bond donors (Lipinski definition) is 1. The van der Waals surface area contributed by atoms with Crippen LogP contribution in [-0.4, -0.2) is 23.3 Å². The number of carboxylic acid groups (broad SMARTS) is 1. The third kappa shape index (κ3) is 2.40. The average molecular weight is 226 g/mol. The maximum absolute atomic E-state index is 11.2. The standard InChI is InChI=1S/C13H22O3/c1-2-5-10-8-11(13(14)15)12(16-10)9-6-3-4-7-9/h9-12H,2-8H2,1H3,(H,14,15). The monoisotopic (exact) mass is 226 g/mol. The third-order valence-electron chi connectivity index (χ3n) is 4.06. The van der Waals surface area contributed by atoms with Gasteiger partial charge in [0.1, 0.15) is 0 Å². The van der Waals surface area contributed by atoms with Crippen LogP contribution in [0.3, 0.4) is 0 Å². The number of rotatable bonds is 4. The highest BCUT2D eigenvalue weighted by Gasteiger charge is 2.43. The fraction of sp³-hybridized carbons (Fsp3) is 0.923. The topological polar surface area (TPSA) is 46.5 Å². The zero-order valence-corrected chi connectivity index (χ0v) is 10.0. The summed E-state index contributed by atoms with van der Waals surface area (Å²) >= 11 is 0. The summed E-state index contributed by atoms with van der Waals surface area (Å²) in [5.74, 6) is -0.405. The lowest BCUT2D eigenvalue weighted by atomic mass is 9.88. The van der Waals surface area contributed by atoms with Gasteiger partial charge in [-0.15, -0.1) is 0 Å². The molecule has 0 spiro atoms. The van der Waals surface area contributed by atoms with Gasteiger partial charge in [0.2, 0.25) is 0 Å². The Hall–Kier alpha value is -0.570. The summed E-state index contributed by atoms with van der Waals surface area (Å²) in [5.41, 5.74) is 0. The Kier molecular flexibility index (Phi) is 3.85. The van der Waals surface area contributed by atoms with Crippen molar-refractivity contribution < 1.29 is 14.6 Å². The van der Waals surface area contributed by atoms with Gasteiger partial charge in [-0.2, -0.15) is 0 Å². The SMILES string of the molecule is CCCC1CC(C(=O)O)C(C2CCCC2)O1. The van der Waals surface area contributed by atoms with E-state index in [9.17, 15) is 9.90 Å². The van der Waals surface area contributed by atoms with E-state index in [1.54, 1.807) is 0 Å². The summed E-state index contributed by atoms with van der Waals surface area (Å²) in [4.78, 5) is 11.2. The molecule has 2 rings (SSSR count). The van der Waals surface area contributed by atoms with Crippen LogP contribution in [0.25, 0.3) is 0 Å². The molecule has 0 amide bonds. The van der Waals surface area contributed by atoms with Gasteiger partial charge >= 0.3 is 5.97 Å². The Morgan fingerprint density at radius 3 is 2.62 bits per heavy atom. The Labute approximate surface area is 97.2 Å². The Morgan fingerprint density at radius 1 is 1.38 bits per heavy atom. The highest BCUT2D eigenvalue weighted by atomic mass is 16.5. The highest BCUT2D eigenvalue weighted by Crippen LogP contribution is 2.40. The van der Waals surface area contributed by atoms with Crippen molar-refractivity contribution in [2.45, 2.75) is 64.1 Å². The van der Waals surface area contributed by atoms with Gasteiger partial charge in [-0.1, -0.05) is 26.2 Å². The Balaban J connectivity index is 2.00. The summed E-state index contributed by atoms with van der Waals surface area (Å²) in [7, 11) is 0. The van der Waals surface area contributed by atoms with E-state index >= 15 is 0 Å². The molecule has 2 fully saturated rings. The lowest BCUT2D eigenvalue weighted by Gasteiger charge is -2.22. The largest absolute Gasteiger partial charge is 0.481 e. The van der Waals surface area contributed by atoms with Crippen LogP contribution in [0.1, 0.15) is 51.9 Å². The zero-order valence-electron chi connectivity index (χ0n) is 10.0. The third-order valence-corrected chi connectivity index (χ3v) is 4.06. The second-order valence-corrected chi connectivity index (χ2v) is 5.24. The maximum atomic E-state index is 11.2. The van der Waals surface area contributed by atoms with E-state index in [1.165, 1.54) is 12.8 Å². The second kappa shape index (κ2) is 5.17. The van der Waals surface area contributed by atoms with Gasteiger partial charge in [0.25, 0.3) is 0 Å². The van der Waals surface area contributed by atoms with E-state index < -0.39 is 5.97 Å². The molecule has 16 heavy (non-hydrogen) atoms. The maximum Gasteiger partial charge on any atom is 0.309 e. The van der Waals surface area contributed by atoms with Crippen LogP contribution in [0.2, 0.25) is 0 Å². The molecule has 0 aromatic carbocycles. The lowest BCUT2D eigenvalue weighted by molar-refractivity contribution is -0.144. The van der Waals surface area contributed by atoms with Gasteiger partial charge < -0.3 is 9.84 Å². The molecular weight excluding hydrogens is 204 g/mol. The summed E-state index contributed by atoms with van der Waals surface area (Å²) in [5, 5.41) is 9.25. The van der Waals surface area contributed by atoms with Gasteiger partial charge in [0, 0.05) is 0 Å². The quantitative estimate of drug-likeness (QED) is 0.801. The van der Waals surface area contributed by atoms with Crippen molar-refractivity contribution in [1.29, 1.82) is 0 Å². The molecule has 92 valence electrons. The number of hydrogen-bond acceptors (Lipinski definition) is 2. The van der Waals surface area contributed by atoms with Gasteiger partial charge in [-0.25, -0.2) is 0 Å². The van der Waals surface area contributed by atoms with Crippen LogP contribution >= 0.6 is 0 Å². The van der Waals surface area contributed by atoms with Crippen molar-refractivity contribution in [3.63, 3.8) is 0 Å². The van der Waals surface area contributed by atoms with Crippen LogP contribution in [0.4, 0.5) is 0 Å².